The molecule has 7 heteroatoms. The van der Waals surface area contributed by atoms with Crippen molar-refractivity contribution in [1.82, 2.24) is 15.5 Å². The fourth-order valence-electron chi connectivity index (χ4n) is 5.10. The summed E-state index contributed by atoms with van der Waals surface area (Å²) in [7, 11) is 0. The summed E-state index contributed by atoms with van der Waals surface area (Å²) in [5.74, 6) is -0.849. The summed E-state index contributed by atoms with van der Waals surface area (Å²) in [6, 6.07) is 8.79. The molecule has 168 valence electrons. The lowest BCUT2D eigenvalue weighted by Crippen LogP contribution is -2.70. The fraction of sp³-hybridized carbons (Fsp3) is 0.542. The van der Waals surface area contributed by atoms with E-state index in [1.165, 1.54) is 6.92 Å². The fourth-order valence-corrected chi connectivity index (χ4v) is 5.10. The Labute approximate surface area is 184 Å². The minimum Gasteiger partial charge on any atom is -0.445 e. The zero-order chi connectivity index (χ0) is 22.8. The molecule has 2 N–H and O–H groups in total. The predicted molar refractivity (Wildman–Crippen MR) is 118 cm³/mol. The summed E-state index contributed by atoms with van der Waals surface area (Å²) in [5.41, 5.74) is -0.812. The molecule has 3 rings (SSSR count). The molecule has 0 aliphatic carbocycles. The van der Waals surface area contributed by atoms with E-state index >= 15 is 0 Å². The summed E-state index contributed by atoms with van der Waals surface area (Å²) in [5, 5.41) is 5.99. The van der Waals surface area contributed by atoms with Crippen LogP contribution in [0, 0.1) is 5.92 Å². The lowest BCUT2D eigenvalue weighted by molar-refractivity contribution is -0.137. The molecule has 0 saturated carbocycles. The molecule has 2 bridgehead atoms. The molecule has 0 spiro atoms. The van der Waals surface area contributed by atoms with Crippen molar-refractivity contribution in [2.24, 2.45) is 5.92 Å². The number of hydrogen-bond acceptors (Lipinski definition) is 4. The lowest BCUT2D eigenvalue weighted by Gasteiger charge is -2.42. The van der Waals surface area contributed by atoms with Gasteiger partial charge in [-0.05, 0) is 45.6 Å². The van der Waals surface area contributed by atoms with Gasteiger partial charge in [-0.2, -0.15) is 0 Å². The summed E-state index contributed by atoms with van der Waals surface area (Å²) in [6.45, 7) is 11.1. The second-order valence-electron chi connectivity index (χ2n) is 9.49. The number of rotatable bonds is 6. The van der Waals surface area contributed by atoms with Crippen LogP contribution < -0.4 is 10.6 Å². The third-order valence-corrected chi connectivity index (χ3v) is 6.09. The molecule has 2 heterocycles. The Morgan fingerprint density at radius 2 is 1.90 bits per heavy atom. The van der Waals surface area contributed by atoms with Gasteiger partial charge in [0.05, 0.1) is 6.04 Å². The summed E-state index contributed by atoms with van der Waals surface area (Å²) in [6.07, 6.45) is 3.17. The number of nitrogens with one attached hydrogen (secondary N) is 2. The van der Waals surface area contributed by atoms with Gasteiger partial charge in [0.1, 0.15) is 12.1 Å². The average molecular weight is 428 g/mol. The van der Waals surface area contributed by atoms with E-state index in [0.717, 1.165) is 12.0 Å². The van der Waals surface area contributed by atoms with Crippen molar-refractivity contribution in [2.45, 2.75) is 76.7 Å². The third-order valence-electron chi connectivity index (χ3n) is 6.09. The van der Waals surface area contributed by atoms with Crippen LogP contribution in [0.4, 0.5) is 4.79 Å². The van der Waals surface area contributed by atoms with Crippen LogP contribution in [0.2, 0.25) is 0 Å². The first kappa shape index (κ1) is 22.8. The van der Waals surface area contributed by atoms with Gasteiger partial charge in [-0.25, -0.2) is 4.79 Å². The van der Waals surface area contributed by atoms with Gasteiger partial charge >= 0.3 is 6.09 Å². The van der Waals surface area contributed by atoms with Gasteiger partial charge in [0.25, 0.3) is 0 Å². The highest BCUT2D eigenvalue weighted by Gasteiger charge is 2.68. The molecule has 1 aromatic rings. The smallest absolute Gasteiger partial charge is 0.410 e. The standard InChI is InChI=1S/C24H33N3O4/c1-6-10-18-19-13-14-20(24(18,25-16(2)28)21(29)26-23(3,4)5)27(19)22(30)31-15-17-11-8-7-9-12-17/h6-9,11-12,18-20H,1,10,13-15H2,2-5H3,(H,25,28)(H,26,29). The van der Waals surface area contributed by atoms with Crippen LogP contribution in [0.15, 0.2) is 43.0 Å². The van der Waals surface area contributed by atoms with Crippen LogP contribution in [-0.4, -0.2) is 46.0 Å². The van der Waals surface area contributed by atoms with E-state index in [0.29, 0.717) is 12.8 Å². The van der Waals surface area contributed by atoms with Crippen molar-refractivity contribution < 1.29 is 19.1 Å². The summed E-state index contributed by atoms with van der Waals surface area (Å²) in [4.78, 5) is 40.7. The van der Waals surface area contributed by atoms with Crippen molar-refractivity contribution >= 4 is 17.9 Å². The molecule has 2 aliphatic rings. The third kappa shape index (κ3) is 4.45. The van der Waals surface area contributed by atoms with Crippen molar-refractivity contribution in [1.29, 1.82) is 0 Å². The van der Waals surface area contributed by atoms with Gasteiger partial charge < -0.3 is 15.4 Å². The molecular formula is C24H33N3O4. The Bertz CT molecular complexity index is 848. The minimum atomic E-state index is -1.22. The topological polar surface area (TPSA) is 87.7 Å². The molecule has 2 aliphatic heterocycles. The number of carbonyl (C=O) groups excluding carboxylic acids is 3. The molecular weight excluding hydrogens is 394 g/mol. The quantitative estimate of drug-likeness (QED) is 0.683. The molecule has 0 aromatic heterocycles. The molecule has 31 heavy (non-hydrogen) atoms. The van der Waals surface area contributed by atoms with Crippen molar-refractivity contribution in [3.8, 4) is 0 Å². The van der Waals surface area contributed by atoms with E-state index in [1.54, 1.807) is 11.0 Å². The Kier molecular flexibility index (Phi) is 6.43. The van der Waals surface area contributed by atoms with Gasteiger partial charge in [0.2, 0.25) is 11.8 Å². The van der Waals surface area contributed by atoms with Gasteiger partial charge in [-0.3, -0.25) is 14.5 Å². The molecule has 1 aromatic carbocycles. The number of amides is 3. The number of carbonyl (C=O) groups is 3. The summed E-state index contributed by atoms with van der Waals surface area (Å²) >= 11 is 0. The molecule has 4 atom stereocenters. The molecule has 2 fully saturated rings. The Morgan fingerprint density at radius 1 is 1.23 bits per heavy atom. The van der Waals surface area contributed by atoms with Gasteiger partial charge in [0.15, 0.2) is 0 Å². The van der Waals surface area contributed by atoms with Crippen molar-refractivity contribution in [3.63, 3.8) is 0 Å². The number of nitrogens with zero attached hydrogens (tertiary/aromatic N) is 1. The molecule has 2 saturated heterocycles. The summed E-state index contributed by atoms with van der Waals surface area (Å²) < 4.78 is 5.62. The molecule has 0 radical (unpaired) electrons. The number of fused-ring (bicyclic) bond motifs is 2. The zero-order valence-electron chi connectivity index (χ0n) is 18.8. The van der Waals surface area contributed by atoms with E-state index in [2.05, 4.69) is 17.2 Å². The highest BCUT2D eigenvalue weighted by atomic mass is 16.6. The van der Waals surface area contributed by atoms with E-state index in [-0.39, 0.29) is 30.4 Å². The lowest BCUT2D eigenvalue weighted by atomic mass is 9.70. The van der Waals surface area contributed by atoms with E-state index < -0.39 is 23.2 Å². The molecule has 3 amide bonds. The van der Waals surface area contributed by atoms with Crippen LogP contribution in [0.5, 0.6) is 0 Å². The largest absolute Gasteiger partial charge is 0.445 e. The van der Waals surface area contributed by atoms with Crippen LogP contribution in [0.25, 0.3) is 0 Å². The Hall–Kier alpha value is -2.83. The van der Waals surface area contributed by atoms with Crippen molar-refractivity contribution in [3.05, 3.63) is 48.6 Å². The SMILES string of the molecule is C=CCC1C2CCC(N2C(=O)OCc2ccccc2)C1(NC(C)=O)C(=O)NC(C)(C)C. The number of benzene rings is 1. The normalized spacial score (nSPS) is 27.0. The maximum atomic E-state index is 13.6. The number of ether oxygens (including phenoxy) is 1. The monoisotopic (exact) mass is 427 g/mol. The van der Waals surface area contributed by atoms with Crippen LogP contribution >= 0.6 is 0 Å². The van der Waals surface area contributed by atoms with Gasteiger partial charge in [-0.15, -0.1) is 6.58 Å². The minimum absolute atomic E-state index is 0.156. The van der Waals surface area contributed by atoms with Gasteiger partial charge in [-0.1, -0.05) is 36.4 Å². The maximum Gasteiger partial charge on any atom is 0.410 e. The van der Waals surface area contributed by atoms with Gasteiger partial charge in [0, 0.05) is 24.4 Å². The molecule has 7 nitrogen and oxygen atoms in total. The van der Waals surface area contributed by atoms with E-state index in [9.17, 15) is 14.4 Å². The van der Waals surface area contributed by atoms with Crippen LogP contribution in [0.1, 0.15) is 52.5 Å². The Morgan fingerprint density at radius 3 is 2.48 bits per heavy atom. The van der Waals surface area contributed by atoms with Crippen molar-refractivity contribution in [2.75, 3.05) is 0 Å². The first-order valence-corrected chi connectivity index (χ1v) is 10.8. The number of hydrogen-bond donors (Lipinski definition) is 2. The van der Waals surface area contributed by atoms with Crippen LogP contribution in [0.3, 0.4) is 0 Å². The predicted octanol–water partition coefficient (Wildman–Crippen LogP) is 3.15. The Balaban J connectivity index is 1.93. The highest BCUT2D eigenvalue weighted by molar-refractivity contribution is 5.94. The second-order valence-corrected chi connectivity index (χ2v) is 9.49. The first-order chi connectivity index (χ1) is 14.6. The first-order valence-electron chi connectivity index (χ1n) is 10.8. The molecule has 4 unspecified atom stereocenters. The zero-order valence-corrected chi connectivity index (χ0v) is 18.8. The van der Waals surface area contributed by atoms with E-state index in [4.69, 9.17) is 4.74 Å². The average Bonchev–Trinajstić information content (AvgIpc) is 3.22. The van der Waals surface area contributed by atoms with Crippen LogP contribution in [-0.2, 0) is 20.9 Å². The van der Waals surface area contributed by atoms with E-state index in [1.807, 2.05) is 51.1 Å². The highest BCUT2D eigenvalue weighted by Crippen LogP contribution is 2.50. The maximum absolute atomic E-state index is 13.6. The second kappa shape index (κ2) is 8.73. The number of allylic oxidation sites excluding steroid dienone is 1.